The van der Waals surface area contributed by atoms with Gasteiger partial charge in [0.1, 0.15) is 0 Å². The van der Waals surface area contributed by atoms with E-state index in [9.17, 15) is 4.79 Å². The molecule has 0 amide bonds. The molecule has 0 unspecified atom stereocenters. The molecule has 1 N–H and O–H groups in total. The fourth-order valence-electron chi connectivity index (χ4n) is 1.25. The Balaban J connectivity index is 3.44. The topological polar surface area (TPSA) is 61.1 Å². The van der Waals surface area contributed by atoms with Gasteiger partial charge in [0, 0.05) is 3.57 Å². The third kappa shape index (κ3) is 2.04. The minimum atomic E-state index is -0.935. The molecular formula is C10H8INO2. The van der Waals surface area contributed by atoms with Crippen LogP contribution in [0.5, 0.6) is 0 Å². The number of aromatic carboxylic acids is 1. The molecule has 1 aromatic rings. The first-order valence-electron chi connectivity index (χ1n) is 4.06. The molecule has 1 aromatic carbocycles. The molecule has 0 atom stereocenters. The van der Waals surface area contributed by atoms with Gasteiger partial charge in [0.15, 0.2) is 0 Å². The predicted octanol–water partition coefficient (Wildman–Crippen LogP) is 2.42. The van der Waals surface area contributed by atoms with Crippen molar-refractivity contribution in [2.24, 2.45) is 0 Å². The number of nitriles is 1. The van der Waals surface area contributed by atoms with Gasteiger partial charge in [-0.15, -0.1) is 0 Å². The van der Waals surface area contributed by atoms with Crippen LogP contribution in [0.4, 0.5) is 0 Å². The summed E-state index contributed by atoms with van der Waals surface area (Å²) in [6, 6.07) is 5.23. The molecule has 0 fully saturated rings. The van der Waals surface area contributed by atoms with Crippen molar-refractivity contribution in [2.45, 2.75) is 13.3 Å². The van der Waals surface area contributed by atoms with E-state index >= 15 is 0 Å². The quantitative estimate of drug-likeness (QED) is 0.853. The first-order valence-corrected chi connectivity index (χ1v) is 5.13. The number of hydrogen-bond acceptors (Lipinski definition) is 2. The molecule has 3 nitrogen and oxygen atoms in total. The maximum absolute atomic E-state index is 10.9. The number of carboxylic acid groups (broad SMARTS) is 1. The zero-order valence-corrected chi connectivity index (χ0v) is 9.70. The molecule has 0 saturated carbocycles. The number of rotatable bonds is 2. The van der Waals surface area contributed by atoms with E-state index in [1.807, 2.05) is 35.6 Å². The summed E-state index contributed by atoms with van der Waals surface area (Å²) < 4.78 is 0.617. The molecule has 14 heavy (non-hydrogen) atoms. The summed E-state index contributed by atoms with van der Waals surface area (Å²) in [6.07, 6.45) is 0.618. The lowest BCUT2D eigenvalue weighted by molar-refractivity contribution is 0.0694. The second-order valence-corrected chi connectivity index (χ2v) is 3.92. The highest BCUT2D eigenvalue weighted by Crippen LogP contribution is 2.20. The number of benzene rings is 1. The summed E-state index contributed by atoms with van der Waals surface area (Å²) in [5.74, 6) is -0.935. The number of carbonyl (C=O) groups is 1. The van der Waals surface area contributed by atoms with Gasteiger partial charge in [0.2, 0.25) is 0 Å². The van der Waals surface area contributed by atoms with Gasteiger partial charge in [0.25, 0.3) is 0 Å². The van der Waals surface area contributed by atoms with Gasteiger partial charge in [0.05, 0.1) is 17.2 Å². The Morgan fingerprint density at radius 3 is 2.71 bits per heavy atom. The number of nitrogens with zero attached hydrogens (tertiary/aromatic N) is 1. The molecule has 4 heteroatoms. The largest absolute Gasteiger partial charge is 0.478 e. The van der Waals surface area contributed by atoms with Crippen molar-refractivity contribution in [3.05, 3.63) is 32.4 Å². The maximum Gasteiger partial charge on any atom is 0.337 e. The van der Waals surface area contributed by atoms with Crippen LogP contribution < -0.4 is 0 Å². The van der Waals surface area contributed by atoms with Gasteiger partial charge >= 0.3 is 5.97 Å². The number of carboxylic acids is 1. The van der Waals surface area contributed by atoms with E-state index < -0.39 is 5.97 Å². The zero-order chi connectivity index (χ0) is 10.7. The van der Waals surface area contributed by atoms with Gasteiger partial charge in [-0.25, -0.2) is 4.79 Å². The van der Waals surface area contributed by atoms with Gasteiger partial charge in [-0.05, 0) is 46.7 Å². The number of hydrogen-bond donors (Lipinski definition) is 1. The van der Waals surface area contributed by atoms with Crippen LogP contribution in [-0.4, -0.2) is 11.1 Å². The van der Waals surface area contributed by atoms with Crippen molar-refractivity contribution >= 4 is 28.6 Å². The average molecular weight is 301 g/mol. The minimum absolute atomic E-state index is 0.312. The highest BCUT2D eigenvalue weighted by molar-refractivity contribution is 14.1. The summed E-state index contributed by atoms with van der Waals surface area (Å²) in [7, 11) is 0. The third-order valence-electron chi connectivity index (χ3n) is 1.90. The van der Waals surface area contributed by atoms with E-state index in [-0.39, 0.29) is 0 Å². The van der Waals surface area contributed by atoms with Crippen molar-refractivity contribution in [1.82, 2.24) is 0 Å². The van der Waals surface area contributed by atoms with Crippen LogP contribution in [0.1, 0.15) is 28.4 Å². The first kappa shape index (κ1) is 11.0. The number of aryl methyl sites for hydroxylation is 1. The molecular weight excluding hydrogens is 293 g/mol. The van der Waals surface area contributed by atoms with E-state index in [4.69, 9.17) is 10.4 Å². The molecule has 0 heterocycles. The summed E-state index contributed by atoms with van der Waals surface area (Å²) in [4.78, 5) is 10.9. The van der Waals surface area contributed by atoms with Crippen LogP contribution in [0, 0.1) is 14.9 Å². The maximum atomic E-state index is 10.9. The van der Waals surface area contributed by atoms with Crippen molar-refractivity contribution in [3.63, 3.8) is 0 Å². The van der Waals surface area contributed by atoms with Crippen molar-refractivity contribution in [2.75, 3.05) is 0 Å². The van der Waals surface area contributed by atoms with Gasteiger partial charge in [-0.2, -0.15) is 5.26 Å². The molecule has 0 aliphatic heterocycles. The Labute approximate surface area is 95.5 Å². The predicted molar refractivity (Wildman–Crippen MR) is 60.2 cm³/mol. The summed E-state index contributed by atoms with van der Waals surface area (Å²) >= 11 is 1.94. The highest BCUT2D eigenvalue weighted by atomic mass is 127. The van der Waals surface area contributed by atoms with Crippen LogP contribution >= 0.6 is 22.6 Å². The van der Waals surface area contributed by atoms with Gasteiger partial charge in [-0.3, -0.25) is 0 Å². The second kappa shape index (κ2) is 4.42. The fraction of sp³-hybridized carbons (Fsp3) is 0.200. The SMILES string of the molecule is CCc1cc(C#N)cc(I)c1C(=O)O. The standard InChI is InChI=1S/C10H8INO2/c1-2-7-3-6(5-12)4-8(11)9(7)10(13)14/h3-4H,2H2,1H3,(H,13,14). The molecule has 0 spiro atoms. The molecule has 0 radical (unpaired) electrons. The second-order valence-electron chi connectivity index (χ2n) is 2.76. The third-order valence-corrected chi connectivity index (χ3v) is 2.75. The molecule has 0 aliphatic rings. The average Bonchev–Trinajstić information content (AvgIpc) is 2.15. The summed E-state index contributed by atoms with van der Waals surface area (Å²) in [5.41, 5.74) is 1.53. The minimum Gasteiger partial charge on any atom is -0.478 e. The zero-order valence-electron chi connectivity index (χ0n) is 7.54. The van der Waals surface area contributed by atoms with Crippen LogP contribution in [0.3, 0.4) is 0 Å². The molecule has 0 aliphatic carbocycles. The van der Waals surface area contributed by atoms with E-state index in [0.717, 1.165) is 0 Å². The van der Waals surface area contributed by atoms with E-state index in [0.29, 0.717) is 26.7 Å². The lowest BCUT2D eigenvalue weighted by atomic mass is 10.0. The van der Waals surface area contributed by atoms with Gasteiger partial charge < -0.3 is 5.11 Å². The molecule has 72 valence electrons. The van der Waals surface area contributed by atoms with E-state index in [2.05, 4.69) is 0 Å². The van der Waals surface area contributed by atoms with Crippen molar-refractivity contribution < 1.29 is 9.90 Å². The monoisotopic (exact) mass is 301 g/mol. The smallest absolute Gasteiger partial charge is 0.337 e. The molecule has 0 aromatic heterocycles. The van der Waals surface area contributed by atoms with Crippen molar-refractivity contribution in [1.29, 1.82) is 5.26 Å². The Morgan fingerprint density at radius 2 is 2.29 bits per heavy atom. The Kier molecular flexibility index (Phi) is 3.47. The summed E-state index contributed by atoms with van der Waals surface area (Å²) in [6.45, 7) is 1.87. The lowest BCUT2D eigenvalue weighted by Gasteiger charge is -2.06. The summed E-state index contributed by atoms with van der Waals surface area (Å²) in [5, 5.41) is 17.7. The number of halogens is 1. The Hall–Kier alpha value is -1.09. The first-order chi connectivity index (χ1) is 6.60. The Morgan fingerprint density at radius 1 is 1.64 bits per heavy atom. The van der Waals surface area contributed by atoms with Crippen molar-refractivity contribution in [3.8, 4) is 6.07 Å². The highest BCUT2D eigenvalue weighted by Gasteiger charge is 2.14. The van der Waals surface area contributed by atoms with Gasteiger partial charge in [-0.1, -0.05) is 6.92 Å². The Bertz CT molecular complexity index is 421. The van der Waals surface area contributed by atoms with E-state index in [1.54, 1.807) is 12.1 Å². The lowest BCUT2D eigenvalue weighted by Crippen LogP contribution is -2.05. The van der Waals surface area contributed by atoms with Crippen LogP contribution in [-0.2, 0) is 6.42 Å². The van der Waals surface area contributed by atoms with E-state index in [1.165, 1.54) is 0 Å². The van der Waals surface area contributed by atoms with Crippen LogP contribution in [0.2, 0.25) is 0 Å². The van der Waals surface area contributed by atoms with Crippen LogP contribution in [0.15, 0.2) is 12.1 Å². The van der Waals surface area contributed by atoms with Crippen LogP contribution in [0.25, 0.3) is 0 Å². The molecule has 0 bridgehead atoms. The molecule has 1 rings (SSSR count). The normalized spacial score (nSPS) is 9.50. The molecule has 0 saturated heterocycles. The fourth-order valence-corrected chi connectivity index (χ4v) is 2.16.